The normalized spacial score (nSPS) is 43.1. The Labute approximate surface area is 263 Å². The van der Waals surface area contributed by atoms with Gasteiger partial charge in [0.25, 0.3) is 0 Å². The quantitative estimate of drug-likeness (QED) is 0.165. The number of hydrogen-bond acceptors (Lipinski definition) is 3. The van der Waals surface area contributed by atoms with E-state index in [2.05, 4.69) is 58.8 Å². The van der Waals surface area contributed by atoms with Gasteiger partial charge in [-0.3, -0.25) is 9.59 Å². The lowest BCUT2D eigenvalue weighted by molar-refractivity contribution is -0.231. The van der Waals surface area contributed by atoms with Gasteiger partial charge in [-0.2, -0.15) is 0 Å². The summed E-state index contributed by atoms with van der Waals surface area (Å²) in [6, 6.07) is 0. The molecule has 0 radical (unpaired) electrons. The molecular weight excluding hydrogens is 532 g/mol. The van der Waals surface area contributed by atoms with Crippen LogP contribution in [0.15, 0.2) is 12.2 Å². The van der Waals surface area contributed by atoms with Crippen LogP contribution in [0.2, 0.25) is 0 Å². The van der Waals surface area contributed by atoms with Gasteiger partial charge in [-0.1, -0.05) is 66.0 Å². The number of hydrogen-bond donors (Lipinski definition) is 3. The molecule has 1 amide bonds. The first kappa shape index (κ1) is 33.0. The van der Waals surface area contributed by atoms with E-state index < -0.39 is 5.97 Å². The third kappa shape index (κ3) is 5.65. The van der Waals surface area contributed by atoms with Crippen LogP contribution >= 0.6 is 0 Å². The lowest BCUT2D eigenvalue weighted by Gasteiger charge is -2.72. The number of aliphatic carboxylic acids is 1. The number of nitrogens with one attached hydrogen (secondary N) is 2. The highest BCUT2D eigenvalue weighted by Crippen LogP contribution is 2.76. The number of carbonyl (C=O) groups excluding carboxylic acids is 1. The van der Waals surface area contributed by atoms with Crippen molar-refractivity contribution in [1.82, 2.24) is 10.6 Å². The number of unbranched alkanes of at least 4 members (excludes halogenated alkanes) is 3. The van der Waals surface area contributed by atoms with Crippen LogP contribution in [0.3, 0.4) is 0 Å². The van der Waals surface area contributed by atoms with Gasteiger partial charge >= 0.3 is 5.97 Å². The Balaban J connectivity index is 1.26. The molecule has 0 saturated heterocycles. The molecule has 0 aromatic heterocycles. The van der Waals surface area contributed by atoms with Crippen molar-refractivity contribution in [3.8, 4) is 0 Å². The predicted molar refractivity (Wildman–Crippen MR) is 176 cm³/mol. The molecule has 9 atom stereocenters. The minimum absolute atomic E-state index is 0.151. The van der Waals surface area contributed by atoms with Crippen molar-refractivity contribution in [1.29, 1.82) is 0 Å². The van der Waals surface area contributed by atoms with Crippen molar-refractivity contribution < 1.29 is 14.7 Å². The maximum Gasteiger partial charge on any atom is 0.322 e. The summed E-state index contributed by atoms with van der Waals surface area (Å²) in [7, 11) is 0. The number of carboxylic acid groups (broad SMARTS) is 1. The van der Waals surface area contributed by atoms with Gasteiger partial charge in [0.05, 0.1) is 0 Å². The van der Waals surface area contributed by atoms with Crippen LogP contribution < -0.4 is 10.6 Å². The molecule has 0 spiro atoms. The van der Waals surface area contributed by atoms with Crippen molar-refractivity contribution in [3.63, 3.8) is 0 Å². The molecule has 5 aliphatic rings. The van der Waals surface area contributed by atoms with Crippen LogP contribution in [-0.4, -0.2) is 35.6 Å². The molecule has 4 unspecified atom stereocenters. The molecule has 0 aromatic carbocycles. The van der Waals surface area contributed by atoms with Crippen molar-refractivity contribution in [3.05, 3.63) is 12.2 Å². The Morgan fingerprint density at radius 1 is 0.814 bits per heavy atom. The van der Waals surface area contributed by atoms with Crippen LogP contribution in [0.5, 0.6) is 0 Å². The molecule has 0 aliphatic heterocycles. The highest BCUT2D eigenvalue weighted by Gasteiger charge is 2.70. The molecule has 5 rings (SSSR count). The fraction of sp³-hybridized carbons (Fsp3) is 0.895. The SMILES string of the molecule is C=C(C)[C@@H]1CC[C@]2(NCCCCCCC(=O)NCC(=O)O)CC[C@]3(C)C(CCC4[C@@]5(C)CCCC(C)(C)C5CC[C@]43C)C12. The van der Waals surface area contributed by atoms with E-state index in [4.69, 9.17) is 5.11 Å². The first-order chi connectivity index (χ1) is 20.2. The van der Waals surface area contributed by atoms with E-state index >= 15 is 0 Å². The van der Waals surface area contributed by atoms with Gasteiger partial charge in [0.1, 0.15) is 6.54 Å². The van der Waals surface area contributed by atoms with Crippen molar-refractivity contribution in [2.24, 2.45) is 51.2 Å². The minimum Gasteiger partial charge on any atom is -0.480 e. The number of carbonyl (C=O) groups is 2. The Bertz CT molecular complexity index is 1070. The van der Waals surface area contributed by atoms with Crippen LogP contribution in [-0.2, 0) is 9.59 Å². The third-order valence-corrected chi connectivity index (χ3v) is 15.1. The van der Waals surface area contributed by atoms with Gasteiger partial charge in [-0.05, 0) is 142 Å². The summed E-state index contributed by atoms with van der Waals surface area (Å²) < 4.78 is 0. The highest BCUT2D eigenvalue weighted by molar-refractivity contribution is 5.80. The average Bonchev–Trinajstić information content (AvgIpc) is 3.31. The second kappa shape index (κ2) is 12.1. The van der Waals surface area contributed by atoms with Crippen LogP contribution in [0, 0.1) is 51.2 Å². The smallest absolute Gasteiger partial charge is 0.322 e. The summed E-state index contributed by atoms with van der Waals surface area (Å²) in [5.74, 6) is 2.72. The van der Waals surface area contributed by atoms with E-state index in [-0.39, 0.29) is 18.0 Å². The summed E-state index contributed by atoms with van der Waals surface area (Å²) in [5, 5.41) is 15.4. The van der Waals surface area contributed by atoms with Crippen molar-refractivity contribution in [2.75, 3.05) is 13.1 Å². The lowest BCUT2D eigenvalue weighted by atomic mass is 9.33. The molecule has 3 N–H and O–H groups in total. The van der Waals surface area contributed by atoms with Crippen molar-refractivity contribution in [2.45, 2.75) is 150 Å². The summed E-state index contributed by atoms with van der Waals surface area (Å²) in [6.45, 7) is 21.1. The van der Waals surface area contributed by atoms with E-state index in [9.17, 15) is 9.59 Å². The fourth-order valence-corrected chi connectivity index (χ4v) is 12.9. The summed E-state index contributed by atoms with van der Waals surface area (Å²) in [6.07, 6.45) is 19.7. The van der Waals surface area contributed by atoms with E-state index in [0.717, 1.165) is 50.0 Å². The molecule has 43 heavy (non-hydrogen) atoms. The zero-order chi connectivity index (χ0) is 31.3. The number of carboxylic acids is 1. The summed E-state index contributed by atoms with van der Waals surface area (Å²) in [4.78, 5) is 22.5. The first-order valence-electron chi connectivity index (χ1n) is 18.1. The third-order valence-electron chi connectivity index (χ3n) is 15.1. The Kier molecular flexibility index (Phi) is 9.29. The maximum atomic E-state index is 11.8. The predicted octanol–water partition coefficient (Wildman–Crippen LogP) is 8.53. The van der Waals surface area contributed by atoms with Gasteiger partial charge in [-0.25, -0.2) is 0 Å². The molecule has 0 bridgehead atoms. The van der Waals surface area contributed by atoms with Gasteiger partial charge in [-0.15, -0.1) is 0 Å². The lowest BCUT2D eigenvalue weighted by Crippen LogP contribution is -2.68. The number of rotatable bonds is 11. The van der Waals surface area contributed by atoms with Gasteiger partial charge in [0.2, 0.25) is 5.91 Å². The number of amides is 1. The Morgan fingerprint density at radius 2 is 1.56 bits per heavy atom. The molecular formula is C38H64N2O3. The molecule has 5 nitrogen and oxygen atoms in total. The Hall–Kier alpha value is -1.36. The van der Waals surface area contributed by atoms with E-state index in [1.807, 2.05) is 0 Å². The molecule has 0 heterocycles. The molecule has 244 valence electrons. The fourth-order valence-electron chi connectivity index (χ4n) is 12.9. The number of allylic oxidation sites excluding steroid dienone is 1. The molecule has 5 saturated carbocycles. The maximum absolute atomic E-state index is 11.8. The van der Waals surface area contributed by atoms with Gasteiger partial charge in [0, 0.05) is 12.0 Å². The molecule has 5 fully saturated rings. The zero-order valence-corrected chi connectivity index (χ0v) is 28.6. The topological polar surface area (TPSA) is 78.4 Å². The monoisotopic (exact) mass is 596 g/mol. The van der Waals surface area contributed by atoms with Gasteiger partial charge < -0.3 is 15.7 Å². The second-order valence-corrected chi connectivity index (χ2v) is 17.4. The molecule has 5 aliphatic carbocycles. The first-order valence-corrected chi connectivity index (χ1v) is 18.1. The average molecular weight is 597 g/mol. The zero-order valence-electron chi connectivity index (χ0n) is 28.6. The van der Waals surface area contributed by atoms with E-state index in [0.29, 0.717) is 39.9 Å². The van der Waals surface area contributed by atoms with E-state index in [1.54, 1.807) is 0 Å². The van der Waals surface area contributed by atoms with Crippen LogP contribution in [0.4, 0.5) is 0 Å². The number of fused-ring (bicyclic) bond motifs is 7. The van der Waals surface area contributed by atoms with Crippen LogP contribution in [0.25, 0.3) is 0 Å². The highest BCUT2D eigenvalue weighted by atomic mass is 16.4. The second-order valence-electron chi connectivity index (χ2n) is 17.4. The van der Waals surface area contributed by atoms with Crippen LogP contribution in [0.1, 0.15) is 144 Å². The molecule has 5 heteroatoms. The van der Waals surface area contributed by atoms with Crippen molar-refractivity contribution >= 4 is 11.9 Å². The summed E-state index contributed by atoms with van der Waals surface area (Å²) in [5.41, 5.74) is 3.48. The Morgan fingerprint density at radius 3 is 2.28 bits per heavy atom. The summed E-state index contributed by atoms with van der Waals surface area (Å²) >= 11 is 0. The largest absolute Gasteiger partial charge is 0.480 e. The van der Waals surface area contributed by atoms with Gasteiger partial charge in [0.15, 0.2) is 0 Å². The standard InChI is InChI=1S/C38H64N2O3/c1-26(2)27-16-21-38(40-24-11-9-8-10-13-31(41)39-25-32(42)43)23-22-36(6)28(33(27)38)14-15-30-35(5)19-12-18-34(3,4)29(35)17-20-37(30,36)7/h27-30,33,40H,1,8-25H2,2-7H3,(H,39,41)(H,42,43)/t27-,28?,29?,30?,33?,35-,36+,37+,38-/m0/s1. The minimum atomic E-state index is -0.988. The molecule has 0 aromatic rings. The van der Waals surface area contributed by atoms with E-state index in [1.165, 1.54) is 76.2 Å².